The molecule has 0 radical (unpaired) electrons. The standard InChI is InChI=1S/C20H30O3/c1-14(2)15-10-12-16(13-11-15)19(21)23-22-18-9-7-6-8-17(18)20(3,4)5/h10-14,17-18H,6-9H2,1-5H3. The van der Waals surface area contributed by atoms with Crippen LogP contribution in [-0.2, 0) is 9.78 Å². The van der Waals surface area contributed by atoms with Crippen molar-refractivity contribution in [1.29, 1.82) is 0 Å². The van der Waals surface area contributed by atoms with E-state index in [1.807, 2.05) is 24.3 Å². The van der Waals surface area contributed by atoms with Gasteiger partial charge in [0.2, 0.25) is 0 Å². The van der Waals surface area contributed by atoms with Crippen LogP contribution in [-0.4, -0.2) is 12.1 Å². The van der Waals surface area contributed by atoms with Gasteiger partial charge in [-0.3, -0.25) is 4.89 Å². The predicted octanol–water partition coefficient (Wildman–Crippen LogP) is 5.50. The van der Waals surface area contributed by atoms with E-state index in [9.17, 15) is 4.79 Å². The molecule has 0 aromatic heterocycles. The maximum atomic E-state index is 12.2. The van der Waals surface area contributed by atoms with Crippen LogP contribution in [0, 0.1) is 11.3 Å². The number of carbonyl (C=O) groups is 1. The fraction of sp³-hybridized carbons (Fsp3) is 0.650. The zero-order valence-corrected chi connectivity index (χ0v) is 15.1. The minimum absolute atomic E-state index is 0.00244. The van der Waals surface area contributed by atoms with E-state index in [4.69, 9.17) is 9.78 Å². The lowest BCUT2D eigenvalue weighted by Gasteiger charge is -2.38. The minimum atomic E-state index is -0.404. The van der Waals surface area contributed by atoms with E-state index in [-0.39, 0.29) is 11.5 Å². The minimum Gasteiger partial charge on any atom is -0.293 e. The molecule has 1 aliphatic rings. The Balaban J connectivity index is 1.94. The van der Waals surface area contributed by atoms with Crippen LogP contribution in [0.1, 0.15) is 82.1 Å². The average Bonchev–Trinajstić information content (AvgIpc) is 2.52. The van der Waals surface area contributed by atoms with Crippen LogP contribution in [0.25, 0.3) is 0 Å². The quantitative estimate of drug-likeness (QED) is 0.543. The topological polar surface area (TPSA) is 35.5 Å². The summed E-state index contributed by atoms with van der Waals surface area (Å²) < 4.78 is 0. The summed E-state index contributed by atoms with van der Waals surface area (Å²) in [6.07, 6.45) is 4.46. The van der Waals surface area contributed by atoms with Crippen LogP contribution >= 0.6 is 0 Å². The fourth-order valence-corrected chi connectivity index (χ4v) is 3.36. The number of carbonyl (C=O) groups excluding carboxylic acids is 1. The molecule has 0 aliphatic heterocycles. The summed E-state index contributed by atoms with van der Waals surface area (Å²) in [5.74, 6) is 0.469. The van der Waals surface area contributed by atoms with Gasteiger partial charge in [0.1, 0.15) is 6.10 Å². The van der Waals surface area contributed by atoms with Crippen LogP contribution in [0.4, 0.5) is 0 Å². The molecule has 128 valence electrons. The Kier molecular flexibility index (Phi) is 5.85. The highest BCUT2D eigenvalue weighted by Crippen LogP contribution is 2.39. The second-order valence-electron chi connectivity index (χ2n) is 8.04. The Hall–Kier alpha value is -1.35. The molecule has 0 bridgehead atoms. The van der Waals surface area contributed by atoms with Gasteiger partial charge in [-0.2, -0.15) is 4.89 Å². The average molecular weight is 318 g/mol. The lowest BCUT2D eigenvalue weighted by molar-refractivity contribution is -0.297. The summed E-state index contributed by atoms with van der Waals surface area (Å²) in [6.45, 7) is 10.9. The molecule has 0 N–H and O–H groups in total. The molecule has 0 amide bonds. The fourth-order valence-electron chi connectivity index (χ4n) is 3.36. The van der Waals surface area contributed by atoms with E-state index in [2.05, 4.69) is 34.6 Å². The van der Waals surface area contributed by atoms with Gasteiger partial charge < -0.3 is 0 Å². The number of hydrogen-bond donors (Lipinski definition) is 0. The first-order valence-corrected chi connectivity index (χ1v) is 8.76. The lowest BCUT2D eigenvalue weighted by atomic mass is 9.71. The molecule has 1 aromatic carbocycles. The Morgan fingerprint density at radius 3 is 2.26 bits per heavy atom. The van der Waals surface area contributed by atoms with E-state index < -0.39 is 5.97 Å². The van der Waals surface area contributed by atoms with Gasteiger partial charge in [-0.25, -0.2) is 4.79 Å². The van der Waals surface area contributed by atoms with Crippen molar-refractivity contribution in [3.8, 4) is 0 Å². The van der Waals surface area contributed by atoms with Crippen molar-refractivity contribution in [2.75, 3.05) is 0 Å². The van der Waals surface area contributed by atoms with Crippen molar-refractivity contribution >= 4 is 5.97 Å². The summed E-state index contributed by atoms with van der Waals surface area (Å²) in [4.78, 5) is 22.9. The summed E-state index contributed by atoms with van der Waals surface area (Å²) in [6, 6.07) is 7.56. The molecule has 2 rings (SSSR count). The first-order chi connectivity index (χ1) is 10.8. The van der Waals surface area contributed by atoms with Gasteiger partial charge >= 0.3 is 5.97 Å². The molecule has 3 heteroatoms. The Bertz CT molecular complexity index is 511. The van der Waals surface area contributed by atoms with Crippen molar-refractivity contribution < 1.29 is 14.6 Å². The predicted molar refractivity (Wildman–Crippen MR) is 92.2 cm³/mol. The third kappa shape index (κ3) is 4.81. The van der Waals surface area contributed by atoms with Crippen LogP contribution in [0.5, 0.6) is 0 Å². The van der Waals surface area contributed by atoms with Gasteiger partial charge in [0.05, 0.1) is 5.56 Å². The molecule has 1 aromatic rings. The molecular weight excluding hydrogens is 288 g/mol. The number of rotatable bonds is 4. The normalized spacial score (nSPS) is 22.2. The summed E-state index contributed by atoms with van der Waals surface area (Å²) >= 11 is 0. The third-order valence-electron chi connectivity index (χ3n) is 4.88. The second-order valence-corrected chi connectivity index (χ2v) is 8.04. The van der Waals surface area contributed by atoms with Gasteiger partial charge in [-0.05, 0) is 47.8 Å². The van der Waals surface area contributed by atoms with Gasteiger partial charge in [0, 0.05) is 0 Å². The van der Waals surface area contributed by atoms with Gasteiger partial charge in [0.25, 0.3) is 0 Å². The van der Waals surface area contributed by atoms with E-state index in [0.29, 0.717) is 17.4 Å². The summed E-state index contributed by atoms with van der Waals surface area (Å²) in [7, 11) is 0. The first kappa shape index (κ1) is 18.0. The van der Waals surface area contributed by atoms with Crippen molar-refractivity contribution in [2.45, 2.75) is 72.3 Å². The van der Waals surface area contributed by atoms with E-state index in [1.165, 1.54) is 12.0 Å². The molecule has 2 unspecified atom stereocenters. The first-order valence-electron chi connectivity index (χ1n) is 8.76. The summed E-state index contributed by atoms with van der Waals surface area (Å²) in [5.41, 5.74) is 1.91. The van der Waals surface area contributed by atoms with Gasteiger partial charge in [-0.15, -0.1) is 0 Å². The van der Waals surface area contributed by atoms with Crippen LogP contribution in [0.15, 0.2) is 24.3 Å². The highest BCUT2D eigenvalue weighted by molar-refractivity contribution is 5.88. The molecule has 0 saturated heterocycles. The largest absolute Gasteiger partial charge is 0.373 e. The van der Waals surface area contributed by atoms with E-state index in [1.54, 1.807) is 0 Å². The van der Waals surface area contributed by atoms with Crippen molar-refractivity contribution in [2.24, 2.45) is 11.3 Å². The monoisotopic (exact) mass is 318 g/mol. The molecule has 23 heavy (non-hydrogen) atoms. The summed E-state index contributed by atoms with van der Waals surface area (Å²) in [5, 5.41) is 0. The molecule has 1 saturated carbocycles. The van der Waals surface area contributed by atoms with E-state index >= 15 is 0 Å². The SMILES string of the molecule is CC(C)c1ccc(C(=O)OOC2CCCCC2C(C)(C)C)cc1. The van der Waals surface area contributed by atoms with Crippen LogP contribution in [0.3, 0.4) is 0 Å². The molecule has 2 atom stereocenters. The van der Waals surface area contributed by atoms with Crippen LogP contribution < -0.4 is 0 Å². The highest BCUT2D eigenvalue weighted by Gasteiger charge is 2.36. The molecular formula is C20H30O3. The lowest BCUT2D eigenvalue weighted by Crippen LogP contribution is -2.37. The number of hydrogen-bond acceptors (Lipinski definition) is 3. The van der Waals surface area contributed by atoms with E-state index in [0.717, 1.165) is 19.3 Å². The van der Waals surface area contributed by atoms with Gasteiger partial charge in [-0.1, -0.05) is 59.6 Å². The molecule has 1 aliphatic carbocycles. The zero-order chi connectivity index (χ0) is 17.0. The number of benzene rings is 1. The maximum Gasteiger partial charge on any atom is 0.373 e. The van der Waals surface area contributed by atoms with Crippen molar-refractivity contribution in [1.82, 2.24) is 0 Å². The Morgan fingerprint density at radius 2 is 1.70 bits per heavy atom. The van der Waals surface area contributed by atoms with Gasteiger partial charge in [0.15, 0.2) is 0 Å². The maximum absolute atomic E-state index is 12.2. The molecule has 3 nitrogen and oxygen atoms in total. The Labute approximate surface area is 140 Å². The van der Waals surface area contributed by atoms with Crippen molar-refractivity contribution in [3.05, 3.63) is 35.4 Å². The molecule has 0 spiro atoms. The Morgan fingerprint density at radius 1 is 1.09 bits per heavy atom. The highest BCUT2D eigenvalue weighted by atomic mass is 17.2. The molecule has 1 fully saturated rings. The van der Waals surface area contributed by atoms with Crippen LogP contribution in [0.2, 0.25) is 0 Å². The third-order valence-corrected chi connectivity index (χ3v) is 4.88. The zero-order valence-electron chi connectivity index (χ0n) is 15.1. The molecule has 0 heterocycles. The second kappa shape index (κ2) is 7.48. The van der Waals surface area contributed by atoms with Crippen molar-refractivity contribution in [3.63, 3.8) is 0 Å². The smallest absolute Gasteiger partial charge is 0.293 e.